The number of likely N-dealkylation sites (N-methyl/N-ethyl adjacent to an activating group) is 1. The van der Waals surface area contributed by atoms with Crippen molar-refractivity contribution in [3.05, 3.63) is 35.6 Å². The molecule has 0 radical (unpaired) electrons. The van der Waals surface area contributed by atoms with E-state index in [1.54, 1.807) is 0 Å². The average molecular weight is 258 g/mol. The number of furan rings is 1. The normalized spacial score (nSPS) is 17.1. The summed E-state index contributed by atoms with van der Waals surface area (Å²) >= 11 is 0. The monoisotopic (exact) mass is 258 g/mol. The molecule has 0 aliphatic carbocycles. The van der Waals surface area contributed by atoms with Gasteiger partial charge in [-0.1, -0.05) is 11.6 Å². The Morgan fingerprint density at radius 1 is 1.16 bits per heavy atom. The molecule has 100 valence electrons. The van der Waals surface area contributed by atoms with E-state index < -0.39 is 0 Å². The average Bonchev–Trinajstić information content (AvgIpc) is 2.81. The molecule has 1 amide bonds. The highest BCUT2D eigenvalue weighted by molar-refractivity contribution is 5.96. The molecule has 0 bridgehead atoms. The lowest BCUT2D eigenvalue weighted by Gasteiger charge is -2.31. The van der Waals surface area contributed by atoms with Gasteiger partial charge in [0.1, 0.15) is 5.58 Å². The molecule has 1 aromatic heterocycles. The van der Waals surface area contributed by atoms with Gasteiger partial charge in [0.15, 0.2) is 5.76 Å². The van der Waals surface area contributed by atoms with E-state index in [1.165, 1.54) is 5.56 Å². The third-order valence-corrected chi connectivity index (χ3v) is 3.67. The van der Waals surface area contributed by atoms with Gasteiger partial charge in [0.05, 0.1) is 0 Å². The quantitative estimate of drug-likeness (QED) is 0.786. The van der Waals surface area contributed by atoms with Gasteiger partial charge in [-0.15, -0.1) is 0 Å². The summed E-state index contributed by atoms with van der Waals surface area (Å²) in [5, 5.41) is 0.998. The molecule has 19 heavy (non-hydrogen) atoms. The second kappa shape index (κ2) is 4.70. The standard InChI is InChI=1S/C15H18N2O2/c1-11-3-4-13-12(9-11)10-14(19-13)15(18)17-7-5-16(2)6-8-17/h3-4,9-10H,5-8H2,1-2H3. The number of nitrogens with zero attached hydrogens (tertiary/aromatic N) is 2. The molecule has 1 aliphatic rings. The van der Waals surface area contributed by atoms with Crippen LogP contribution in [0.5, 0.6) is 0 Å². The van der Waals surface area contributed by atoms with Crippen molar-refractivity contribution in [2.45, 2.75) is 6.92 Å². The zero-order chi connectivity index (χ0) is 13.4. The molecule has 0 N–H and O–H groups in total. The molecule has 0 saturated carbocycles. The molecule has 0 spiro atoms. The maximum atomic E-state index is 12.4. The van der Waals surface area contributed by atoms with E-state index in [0.29, 0.717) is 5.76 Å². The number of rotatable bonds is 1. The van der Waals surface area contributed by atoms with E-state index in [0.717, 1.165) is 37.1 Å². The molecule has 2 aromatic rings. The van der Waals surface area contributed by atoms with E-state index in [1.807, 2.05) is 36.1 Å². The van der Waals surface area contributed by atoms with E-state index in [2.05, 4.69) is 11.9 Å². The predicted molar refractivity (Wildman–Crippen MR) is 74.4 cm³/mol. The van der Waals surface area contributed by atoms with Gasteiger partial charge in [0, 0.05) is 31.6 Å². The first-order chi connectivity index (χ1) is 9.13. The Hall–Kier alpha value is -1.81. The minimum absolute atomic E-state index is 0.00181. The molecule has 0 unspecified atom stereocenters. The summed E-state index contributed by atoms with van der Waals surface area (Å²) in [5.41, 5.74) is 1.95. The van der Waals surface area contributed by atoms with Crippen LogP contribution in [0.15, 0.2) is 28.7 Å². The number of aryl methyl sites for hydroxylation is 1. The van der Waals surface area contributed by atoms with Crippen molar-refractivity contribution in [3.8, 4) is 0 Å². The van der Waals surface area contributed by atoms with Crippen LogP contribution in [0.4, 0.5) is 0 Å². The van der Waals surface area contributed by atoms with Crippen LogP contribution in [0.3, 0.4) is 0 Å². The van der Waals surface area contributed by atoms with Crippen molar-refractivity contribution in [1.29, 1.82) is 0 Å². The fourth-order valence-corrected chi connectivity index (χ4v) is 2.43. The lowest BCUT2D eigenvalue weighted by Crippen LogP contribution is -2.47. The number of benzene rings is 1. The molecule has 1 aliphatic heterocycles. The van der Waals surface area contributed by atoms with Crippen molar-refractivity contribution >= 4 is 16.9 Å². The predicted octanol–water partition coefficient (Wildman–Crippen LogP) is 2.13. The molecule has 1 saturated heterocycles. The van der Waals surface area contributed by atoms with E-state index in [-0.39, 0.29) is 5.91 Å². The highest BCUT2D eigenvalue weighted by atomic mass is 16.3. The van der Waals surface area contributed by atoms with Crippen LogP contribution in [-0.2, 0) is 0 Å². The number of amides is 1. The molecule has 4 nitrogen and oxygen atoms in total. The van der Waals surface area contributed by atoms with Gasteiger partial charge in [-0.25, -0.2) is 0 Å². The molecule has 1 fully saturated rings. The molecular weight excluding hydrogens is 240 g/mol. The Morgan fingerprint density at radius 2 is 1.89 bits per heavy atom. The number of piperazine rings is 1. The fraction of sp³-hybridized carbons (Fsp3) is 0.400. The Bertz CT molecular complexity index is 610. The third kappa shape index (κ3) is 2.36. The third-order valence-electron chi connectivity index (χ3n) is 3.67. The Morgan fingerprint density at radius 3 is 2.63 bits per heavy atom. The Labute approximate surface area is 112 Å². The molecule has 2 heterocycles. The molecule has 1 aromatic carbocycles. The summed E-state index contributed by atoms with van der Waals surface area (Å²) in [6.07, 6.45) is 0. The fourth-order valence-electron chi connectivity index (χ4n) is 2.43. The van der Waals surface area contributed by atoms with Gasteiger partial charge in [-0.05, 0) is 32.2 Å². The van der Waals surface area contributed by atoms with Gasteiger partial charge >= 0.3 is 0 Å². The Kier molecular flexibility index (Phi) is 3.03. The molecule has 3 rings (SSSR count). The summed E-state index contributed by atoms with van der Waals surface area (Å²) in [4.78, 5) is 16.5. The number of carbonyl (C=O) groups is 1. The first-order valence-electron chi connectivity index (χ1n) is 6.61. The highest BCUT2D eigenvalue weighted by Crippen LogP contribution is 2.22. The topological polar surface area (TPSA) is 36.7 Å². The van der Waals surface area contributed by atoms with E-state index in [4.69, 9.17) is 4.42 Å². The summed E-state index contributed by atoms with van der Waals surface area (Å²) in [7, 11) is 2.08. The van der Waals surface area contributed by atoms with Crippen LogP contribution in [0.2, 0.25) is 0 Å². The number of hydrogen-bond acceptors (Lipinski definition) is 3. The van der Waals surface area contributed by atoms with Crippen LogP contribution in [0, 0.1) is 6.92 Å². The van der Waals surface area contributed by atoms with Gasteiger partial charge in [0.25, 0.3) is 5.91 Å². The molecular formula is C15H18N2O2. The minimum Gasteiger partial charge on any atom is -0.451 e. The zero-order valence-corrected chi connectivity index (χ0v) is 11.3. The van der Waals surface area contributed by atoms with Gasteiger partial charge in [0.2, 0.25) is 0 Å². The molecule has 0 atom stereocenters. The highest BCUT2D eigenvalue weighted by Gasteiger charge is 2.23. The lowest BCUT2D eigenvalue weighted by molar-refractivity contribution is 0.0635. The summed E-state index contributed by atoms with van der Waals surface area (Å²) in [6.45, 7) is 5.42. The van der Waals surface area contributed by atoms with Crippen LogP contribution in [-0.4, -0.2) is 48.9 Å². The smallest absolute Gasteiger partial charge is 0.289 e. The maximum absolute atomic E-state index is 12.4. The summed E-state index contributed by atoms with van der Waals surface area (Å²) in [5.74, 6) is 0.451. The van der Waals surface area contributed by atoms with E-state index >= 15 is 0 Å². The maximum Gasteiger partial charge on any atom is 0.289 e. The van der Waals surface area contributed by atoms with Crippen LogP contribution in [0.1, 0.15) is 16.1 Å². The van der Waals surface area contributed by atoms with Crippen LogP contribution >= 0.6 is 0 Å². The SMILES string of the molecule is Cc1ccc2oc(C(=O)N3CCN(C)CC3)cc2c1. The van der Waals surface area contributed by atoms with Crippen LogP contribution < -0.4 is 0 Å². The Balaban J connectivity index is 1.85. The van der Waals surface area contributed by atoms with Gasteiger partial charge < -0.3 is 14.2 Å². The largest absolute Gasteiger partial charge is 0.451 e. The van der Waals surface area contributed by atoms with Gasteiger partial charge in [-0.2, -0.15) is 0 Å². The van der Waals surface area contributed by atoms with Crippen molar-refractivity contribution in [2.75, 3.05) is 33.2 Å². The first kappa shape index (κ1) is 12.2. The minimum atomic E-state index is 0.00181. The number of fused-ring (bicyclic) bond motifs is 1. The van der Waals surface area contributed by atoms with Crippen LogP contribution in [0.25, 0.3) is 11.0 Å². The first-order valence-corrected chi connectivity index (χ1v) is 6.61. The lowest BCUT2D eigenvalue weighted by atomic mass is 10.2. The summed E-state index contributed by atoms with van der Waals surface area (Å²) in [6, 6.07) is 7.81. The zero-order valence-electron chi connectivity index (χ0n) is 11.3. The summed E-state index contributed by atoms with van der Waals surface area (Å²) < 4.78 is 5.66. The second-order valence-electron chi connectivity index (χ2n) is 5.25. The van der Waals surface area contributed by atoms with Crippen molar-refractivity contribution in [3.63, 3.8) is 0 Å². The van der Waals surface area contributed by atoms with Crippen molar-refractivity contribution in [1.82, 2.24) is 9.80 Å². The van der Waals surface area contributed by atoms with Crippen molar-refractivity contribution < 1.29 is 9.21 Å². The number of hydrogen-bond donors (Lipinski definition) is 0. The molecule has 4 heteroatoms. The van der Waals surface area contributed by atoms with E-state index in [9.17, 15) is 4.79 Å². The van der Waals surface area contributed by atoms with Gasteiger partial charge in [-0.3, -0.25) is 4.79 Å². The number of carbonyl (C=O) groups excluding carboxylic acids is 1. The second-order valence-corrected chi connectivity index (χ2v) is 5.25. The van der Waals surface area contributed by atoms with Crippen molar-refractivity contribution in [2.24, 2.45) is 0 Å².